The molecule has 1 aliphatic heterocycles. The lowest BCUT2D eigenvalue weighted by molar-refractivity contribution is 0.0924. The van der Waals surface area contributed by atoms with Gasteiger partial charge in [-0.3, -0.25) is 4.79 Å². The van der Waals surface area contributed by atoms with Gasteiger partial charge in [0.25, 0.3) is 5.91 Å². The Morgan fingerprint density at radius 2 is 2.21 bits per heavy atom. The maximum atomic E-state index is 12.0. The number of aromatic nitrogens is 1. The third-order valence-electron chi connectivity index (χ3n) is 3.14. The van der Waals surface area contributed by atoms with Crippen LogP contribution in [0.3, 0.4) is 0 Å². The highest BCUT2D eigenvalue weighted by molar-refractivity contribution is 5.92. The Kier molecular flexibility index (Phi) is 5.74. The fraction of sp³-hybridized carbons (Fsp3) is 0.462. The molecule has 0 spiro atoms. The van der Waals surface area contributed by atoms with Crippen LogP contribution in [-0.4, -0.2) is 30.0 Å². The van der Waals surface area contributed by atoms with Crippen LogP contribution < -0.4 is 10.6 Å². The average Bonchev–Trinajstić information content (AvgIpc) is 2.39. The van der Waals surface area contributed by atoms with E-state index in [-0.39, 0.29) is 24.4 Å². The number of piperidine rings is 1. The van der Waals surface area contributed by atoms with Crippen LogP contribution in [0, 0.1) is 18.3 Å². The molecule has 1 aromatic rings. The summed E-state index contributed by atoms with van der Waals surface area (Å²) in [6.07, 6.45) is 3.34. The lowest BCUT2D eigenvalue weighted by Gasteiger charge is -2.23. The van der Waals surface area contributed by atoms with Crippen molar-refractivity contribution in [2.24, 2.45) is 0 Å². The van der Waals surface area contributed by atoms with E-state index in [0.717, 1.165) is 31.5 Å². The molecule has 2 heterocycles. The van der Waals surface area contributed by atoms with Gasteiger partial charge in [-0.25, -0.2) is 4.98 Å². The number of amides is 1. The number of nitriles is 1. The van der Waals surface area contributed by atoms with Crippen LogP contribution in [0.25, 0.3) is 0 Å². The van der Waals surface area contributed by atoms with E-state index in [2.05, 4.69) is 15.6 Å². The van der Waals surface area contributed by atoms with Crippen molar-refractivity contribution < 1.29 is 4.79 Å². The van der Waals surface area contributed by atoms with Gasteiger partial charge in [0.1, 0.15) is 11.8 Å². The molecule has 0 atom stereocenters. The second-order valence-electron chi connectivity index (χ2n) is 4.49. The molecule has 2 N–H and O–H groups in total. The van der Waals surface area contributed by atoms with Gasteiger partial charge in [-0.1, -0.05) is 0 Å². The average molecular weight is 281 g/mol. The molecular formula is C13H17ClN4O. The fourth-order valence-electron chi connectivity index (χ4n) is 2.02. The molecule has 0 aliphatic carbocycles. The highest BCUT2D eigenvalue weighted by Crippen LogP contribution is 2.08. The molecule has 1 aromatic heterocycles. The molecule has 1 aliphatic rings. The maximum absolute atomic E-state index is 12.0. The first-order chi connectivity index (χ1) is 8.70. The topological polar surface area (TPSA) is 77.8 Å². The fourth-order valence-corrected chi connectivity index (χ4v) is 2.02. The molecule has 0 bridgehead atoms. The minimum absolute atomic E-state index is 0. The number of halogens is 1. The van der Waals surface area contributed by atoms with E-state index in [1.54, 1.807) is 6.07 Å². The first-order valence-corrected chi connectivity index (χ1v) is 6.09. The second kappa shape index (κ2) is 7.07. The smallest absolute Gasteiger partial charge is 0.270 e. The normalized spacial score (nSPS) is 15.2. The molecule has 0 unspecified atom stereocenters. The minimum atomic E-state index is -0.158. The van der Waals surface area contributed by atoms with Gasteiger partial charge in [-0.2, -0.15) is 5.26 Å². The standard InChI is InChI=1S/C13H16N4O.ClH/c1-9-6-12(16-8-10(9)7-14)13(18)17-11-2-4-15-5-3-11;/h6,8,11,15H,2-5H2,1H3,(H,17,18);1H. The van der Waals surface area contributed by atoms with Crippen LogP contribution in [0.15, 0.2) is 12.3 Å². The van der Waals surface area contributed by atoms with Crippen molar-refractivity contribution in [1.82, 2.24) is 15.6 Å². The van der Waals surface area contributed by atoms with Crippen molar-refractivity contribution in [1.29, 1.82) is 5.26 Å². The summed E-state index contributed by atoms with van der Waals surface area (Å²) in [5, 5.41) is 15.0. The van der Waals surface area contributed by atoms with Crippen LogP contribution in [0.2, 0.25) is 0 Å². The molecule has 0 saturated carbocycles. The number of carbonyl (C=O) groups is 1. The Balaban J connectivity index is 0.00000180. The Morgan fingerprint density at radius 3 is 2.79 bits per heavy atom. The van der Waals surface area contributed by atoms with Crippen LogP contribution >= 0.6 is 12.4 Å². The summed E-state index contributed by atoms with van der Waals surface area (Å²) in [7, 11) is 0. The van der Waals surface area contributed by atoms with Gasteiger partial charge < -0.3 is 10.6 Å². The molecule has 2 rings (SSSR count). The summed E-state index contributed by atoms with van der Waals surface area (Å²) < 4.78 is 0. The zero-order chi connectivity index (χ0) is 13.0. The van der Waals surface area contributed by atoms with E-state index in [0.29, 0.717) is 11.3 Å². The Hall–Kier alpha value is -1.64. The van der Waals surface area contributed by atoms with Gasteiger partial charge in [-0.05, 0) is 44.5 Å². The van der Waals surface area contributed by atoms with Crippen LogP contribution in [0.4, 0.5) is 0 Å². The van der Waals surface area contributed by atoms with Gasteiger partial charge in [0, 0.05) is 12.2 Å². The number of pyridine rings is 1. The van der Waals surface area contributed by atoms with Crippen molar-refractivity contribution >= 4 is 18.3 Å². The number of hydrogen-bond donors (Lipinski definition) is 2. The summed E-state index contributed by atoms with van der Waals surface area (Å²) in [5.41, 5.74) is 1.67. The van der Waals surface area contributed by atoms with Crippen molar-refractivity contribution in [2.45, 2.75) is 25.8 Å². The van der Waals surface area contributed by atoms with Crippen molar-refractivity contribution in [3.05, 3.63) is 29.1 Å². The zero-order valence-corrected chi connectivity index (χ0v) is 11.6. The molecule has 5 nitrogen and oxygen atoms in total. The van der Waals surface area contributed by atoms with Crippen molar-refractivity contribution in [3.8, 4) is 6.07 Å². The first-order valence-electron chi connectivity index (χ1n) is 6.09. The molecule has 1 amide bonds. The zero-order valence-electron chi connectivity index (χ0n) is 10.8. The highest BCUT2D eigenvalue weighted by atomic mass is 35.5. The van der Waals surface area contributed by atoms with E-state index in [4.69, 9.17) is 5.26 Å². The Morgan fingerprint density at radius 1 is 1.53 bits per heavy atom. The third kappa shape index (κ3) is 3.91. The van der Waals surface area contributed by atoms with E-state index in [9.17, 15) is 4.79 Å². The number of nitrogens with zero attached hydrogens (tertiary/aromatic N) is 2. The van der Waals surface area contributed by atoms with E-state index in [1.807, 2.05) is 13.0 Å². The molecule has 102 valence electrons. The van der Waals surface area contributed by atoms with E-state index < -0.39 is 0 Å². The number of carbonyl (C=O) groups excluding carboxylic acids is 1. The van der Waals surface area contributed by atoms with Crippen LogP contribution in [0.1, 0.15) is 34.5 Å². The van der Waals surface area contributed by atoms with E-state index >= 15 is 0 Å². The molecular weight excluding hydrogens is 264 g/mol. The number of hydrogen-bond acceptors (Lipinski definition) is 4. The van der Waals surface area contributed by atoms with Gasteiger partial charge in [0.15, 0.2) is 0 Å². The van der Waals surface area contributed by atoms with Crippen LogP contribution in [0.5, 0.6) is 0 Å². The van der Waals surface area contributed by atoms with Gasteiger partial charge >= 0.3 is 0 Å². The summed E-state index contributed by atoms with van der Waals surface area (Å²) in [5.74, 6) is -0.158. The molecule has 6 heteroatoms. The summed E-state index contributed by atoms with van der Waals surface area (Å²) >= 11 is 0. The Bertz CT molecular complexity index is 492. The first kappa shape index (κ1) is 15.4. The molecule has 0 aromatic carbocycles. The largest absolute Gasteiger partial charge is 0.348 e. The van der Waals surface area contributed by atoms with Crippen LogP contribution in [-0.2, 0) is 0 Å². The molecule has 1 saturated heterocycles. The lowest BCUT2D eigenvalue weighted by atomic mass is 10.1. The molecule has 0 radical (unpaired) electrons. The van der Waals surface area contributed by atoms with Gasteiger partial charge in [0.2, 0.25) is 0 Å². The van der Waals surface area contributed by atoms with Gasteiger partial charge in [0.05, 0.1) is 5.56 Å². The lowest BCUT2D eigenvalue weighted by Crippen LogP contribution is -2.42. The highest BCUT2D eigenvalue weighted by Gasteiger charge is 2.17. The van der Waals surface area contributed by atoms with Crippen molar-refractivity contribution in [3.63, 3.8) is 0 Å². The third-order valence-corrected chi connectivity index (χ3v) is 3.14. The maximum Gasteiger partial charge on any atom is 0.270 e. The second-order valence-corrected chi connectivity index (χ2v) is 4.49. The monoisotopic (exact) mass is 280 g/mol. The summed E-state index contributed by atoms with van der Waals surface area (Å²) in [6.45, 7) is 3.68. The summed E-state index contributed by atoms with van der Waals surface area (Å²) in [4.78, 5) is 16.0. The number of rotatable bonds is 2. The SMILES string of the molecule is Cc1cc(C(=O)NC2CCNCC2)ncc1C#N.Cl. The molecule has 1 fully saturated rings. The summed E-state index contributed by atoms with van der Waals surface area (Å²) in [6, 6.07) is 3.92. The quantitative estimate of drug-likeness (QED) is 0.852. The van der Waals surface area contributed by atoms with E-state index in [1.165, 1.54) is 6.20 Å². The predicted molar refractivity (Wildman–Crippen MR) is 74.3 cm³/mol. The Labute approximate surface area is 118 Å². The van der Waals surface area contributed by atoms with Gasteiger partial charge in [-0.15, -0.1) is 12.4 Å². The number of aryl methyl sites for hydroxylation is 1. The predicted octanol–water partition coefficient (Wildman–Crippen LogP) is 1.17. The number of nitrogens with one attached hydrogen (secondary N) is 2. The molecule has 19 heavy (non-hydrogen) atoms. The van der Waals surface area contributed by atoms with Crippen molar-refractivity contribution in [2.75, 3.05) is 13.1 Å². The minimum Gasteiger partial charge on any atom is -0.348 e.